The number of aromatic nitrogens is 3. The summed E-state index contributed by atoms with van der Waals surface area (Å²) in [4.78, 5) is 62.7. The molecule has 4 heterocycles. The smallest absolute Gasteiger partial charge is 0.333 e. The van der Waals surface area contributed by atoms with Crippen molar-refractivity contribution in [2.45, 2.75) is 127 Å². The molecule has 3 fully saturated rings. The molecule has 7 rings (SSSR count). The van der Waals surface area contributed by atoms with Gasteiger partial charge in [0.15, 0.2) is 0 Å². The highest BCUT2D eigenvalue weighted by Crippen LogP contribution is 2.47. The lowest BCUT2D eigenvalue weighted by Crippen LogP contribution is -2.58. The monoisotopic (exact) mass is 855 g/mol. The Labute approximate surface area is 346 Å². The molecule has 0 radical (unpaired) electrons. The molecule has 2 saturated carbocycles. The van der Waals surface area contributed by atoms with Crippen LogP contribution in [0.4, 0.5) is 8.78 Å². The molecule has 16 nitrogen and oxygen atoms in total. The van der Waals surface area contributed by atoms with Crippen molar-refractivity contribution < 1.29 is 50.6 Å². The quantitative estimate of drug-likeness (QED) is 0.230. The Morgan fingerprint density at radius 3 is 2.53 bits per heavy atom. The van der Waals surface area contributed by atoms with Crippen molar-refractivity contribution in [2.75, 3.05) is 13.7 Å². The lowest BCUT2D eigenvalue weighted by atomic mass is 10.0. The molecule has 3 aromatic rings. The summed E-state index contributed by atoms with van der Waals surface area (Å²) in [6.45, 7) is 4.01. The first-order valence-corrected chi connectivity index (χ1v) is 21.8. The van der Waals surface area contributed by atoms with Gasteiger partial charge in [0.05, 0.1) is 30.0 Å². The maximum absolute atomic E-state index is 14.7. The van der Waals surface area contributed by atoms with Crippen molar-refractivity contribution >= 4 is 44.6 Å². The molecule has 4 amide bonds. The Kier molecular flexibility index (Phi) is 11.8. The van der Waals surface area contributed by atoms with E-state index in [1.807, 2.05) is 32.9 Å². The van der Waals surface area contributed by atoms with E-state index in [-0.39, 0.29) is 43.5 Å². The van der Waals surface area contributed by atoms with Gasteiger partial charge in [0.1, 0.15) is 40.9 Å². The second-order valence-electron chi connectivity index (χ2n) is 16.6. The van der Waals surface area contributed by atoms with Crippen LogP contribution in [0.15, 0.2) is 42.6 Å². The van der Waals surface area contributed by atoms with E-state index in [0.717, 1.165) is 17.8 Å². The summed E-state index contributed by atoms with van der Waals surface area (Å²) in [6, 6.07) is 3.89. The number of nitrogens with zero attached hydrogens (tertiary/aromatic N) is 4. The van der Waals surface area contributed by atoms with Crippen molar-refractivity contribution in [2.24, 2.45) is 5.92 Å². The number of alkyl halides is 2. The first-order chi connectivity index (χ1) is 28.4. The van der Waals surface area contributed by atoms with Crippen LogP contribution in [-0.4, -0.2) is 99.9 Å². The Hall–Kier alpha value is -5.33. The van der Waals surface area contributed by atoms with Crippen LogP contribution in [0.5, 0.6) is 17.4 Å². The van der Waals surface area contributed by atoms with Crippen LogP contribution in [-0.2, 0) is 24.4 Å². The zero-order valence-corrected chi connectivity index (χ0v) is 35.0. The van der Waals surface area contributed by atoms with Crippen molar-refractivity contribution in [3.63, 3.8) is 0 Å². The van der Waals surface area contributed by atoms with Crippen LogP contribution >= 0.6 is 0 Å². The van der Waals surface area contributed by atoms with Crippen LogP contribution in [0.25, 0.3) is 10.9 Å². The number of rotatable bonds is 11. The van der Waals surface area contributed by atoms with Gasteiger partial charge in [-0.2, -0.15) is 13.9 Å². The maximum Gasteiger partial charge on any atom is 0.333 e. The van der Waals surface area contributed by atoms with Crippen LogP contribution in [0.1, 0.15) is 101 Å². The topological polar surface area (TPSA) is 200 Å². The molecular weight excluding hydrogens is 805 g/mol. The SMILES string of the molecule is COc1ccc2c(O[C@@H]3C[C@H]4C(=O)N[C@]5(C(=O)NS(=O)(=O)C6(C)CC6)CC5/C=C\CCCCC[C@H](NC(=O)c5ccn(C(F)F)n5)C(=O)N4C3)cc(OC(C)C)nc2c1C. The number of hydrogen-bond acceptors (Lipinski definition) is 11. The molecule has 1 unspecified atom stereocenters. The first-order valence-electron chi connectivity index (χ1n) is 20.3. The van der Waals surface area contributed by atoms with E-state index in [4.69, 9.17) is 19.2 Å². The standard InChI is InChI=1S/C41H51F2N7O9S/c1-23(2)58-33-20-32(27-13-14-31(57-5)24(3)34(27)45-33)59-26-19-30-36(52)46-41(38(54)48-60(55,56)40(4)16-17-40)21-25(41)11-9-7-6-8-10-12-29(37(53)49(30)22-26)44-35(51)28-15-18-50(47-28)39(42)43/h9,11,13-15,18,20,23,25-26,29-30,39H,6-8,10,12,16-17,19,21-22H2,1-5H3,(H,44,51)(H,46,52)(H,48,54)/b11-9-/t25?,26-,29+,30+,41-/m1/s1. The predicted molar refractivity (Wildman–Crippen MR) is 214 cm³/mol. The number of ether oxygens (including phenoxy) is 3. The number of pyridine rings is 1. The van der Waals surface area contributed by atoms with Crippen LogP contribution in [0, 0.1) is 12.8 Å². The first kappa shape index (κ1) is 42.8. The van der Waals surface area contributed by atoms with Gasteiger partial charge in [-0.25, -0.2) is 18.1 Å². The second-order valence-corrected chi connectivity index (χ2v) is 18.8. The second kappa shape index (κ2) is 16.6. The molecule has 3 N–H and O–H groups in total. The molecule has 60 heavy (non-hydrogen) atoms. The molecule has 0 spiro atoms. The molecular formula is C41H51F2N7O9S. The third-order valence-corrected chi connectivity index (χ3v) is 14.0. The average molecular weight is 856 g/mol. The van der Waals surface area contributed by atoms with Crippen molar-refractivity contribution in [3.05, 3.63) is 53.9 Å². The number of hydrogen-bond donors (Lipinski definition) is 3. The summed E-state index contributed by atoms with van der Waals surface area (Å²) in [6.07, 6.45) is 7.15. The van der Waals surface area contributed by atoms with E-state index in [1.54, 1.807) is 32.2 Å². The molecule has 2 aliphatic heterocycles. The number of aryl methyl sites for hydroxylation is 1. The highest BCUT2D eigenvalue weighted by Gasteiger charge is 2.63. The number of fused-ring (bicyclic) bond motifs is 3. The minimum absolute atomic E-state index is 0.0507. The number of amides is 4. The van der Waals surface area contributed by atoms with Crippen molar-refractivity contribution in [1.29, 1.82) is 0 Å². The van der Waals surface area contributed by atoms with Crippen LogP contribution in [0.3, 0.4) is 0 Å². The van der Waals surface area contributed by atoms with Gasteiger partial charge in [-0.05, 0) is 84.4 Å². The predicted octanol–water partition coefficient (Wildman–Crippen LogP) is 4.47. The molecule has 1 saturated heterocycles. The molecule has 2 aliphatic carbocycles. The fraction of sp³-hybridized carbons (Fsp3) is 0.561. The zero-order valence-electron chi connectivity index (χ0n) is 34.2. The Morgan fingerprint density at radius 2 is 1.85 bits per heavy atom. The number of methoxy groups -OCH3 is 1. The van der Waals surface area contributed by atoms with E-state index < -0.39 is 74.6 Å². The minimum atomic E-state index is -4.05. The van der Waals surface area contributed by atoms with Gasteiger partial charge in [0.2, 0.25) is 27.7 Å². The van der Waals surface area contributed by atoms with Gasteiger partial charge < -0.3 is 29.7 Å². The van der Waals surface area contributed by atoms with Crippen LogP contribution < -0.4 is 29.6 Å². The summed E-state index contributed by atoms with van der Waals surface area (Å²) in [5.41, 5.74) is -0.636. The summed E-state index contributed by atoms with van der Waals surface area (Å²) in [7, 11) is -2.50. The van der Waals surface area contributed by atoms with Crippen LogP contribution in [0.2, 0.25) is 0 Å². The summed E-state index contributed by atoms with van der Waals surface area (Å²) < 4.78 is 72.7. The summed E-state index contributed by atoms with van der Waals surface area (Å²) in [5, 5.41) is 9.80. The van der Waals surface area contributed by atoms with Crippen molar-refractivity contribution in [3.8, 4) is 17.4 Å². The lowest BCUT2D eigenvalue weighted by molar-refractivity contribution is -0.141. The number of carbonyl (C=O) groups is 4. The number of benzene rings is 1. The molecule has 19 heteroatoms. The fourth-order valence-corrected chi connectivity index (χ4v) is 9.22. The highest BCUT2D eigenvalue weighted by atomic mass is 32.2. The molecule has 324 valence electrons. The number of carbonyl (C=O) groups excluding carboxylic acids is 4. The fourth-order valence-electron chi connectivity index (χ4n) is 7.90. The number of allylic oxidation sites excluding steroid dienone is 1. The minimum Gasteiger partial charge on any atom is -0.496 e. The molecule has 2 aromatic heterocycles. The molecule has 0 bridgehead atoms. The number of halogens is 2. The van der Waals surface area contributed by atoms with E-state index in [2.05, 4.69) is 20.5 Å². The maximum atomic E-state index is 14.7. The third-order valence-electron chi connectivity index (χ3n) is 11.8. The zero-order chi connectivity index (χ0) is 43.1. The normalized spacial score (nSPS) is 26.0. The Balaban J connectivity index is 1.23. The van der Waals surface area contributed by atoms with Gasteiger partial charge in [0.25, 0.3) is 11.8 Å². The molecule has 4 aliphatic rings. The summed E-state index contributed by atoms with van der Waals surface area (Å²) >= 11 is 0. The Morgan fingerprint density at radius 1 is 1.08 bits per heavy atom. The van der Waals surface area contributed by atoms with Gasteiger partial charge in [-0.1, -0.05) is 25.0 Å². The van der Waals surface area contributed by atoms with E-state index >= 15 is 0 Å². The van der Waals surface area contributed by atoms with E-state index in [0.29, 0.717) is 65.6 Å². The van der Waals surface area contributed by atoms with E-state index in [9.17, 15) is 36.4 Å². The molecule has 1 aromatic carbocycles. The number of nitrogens with one attached hydrogen (secondary N) is 3. The number of sulfonamides is 1. The molecule has 5 atom stereocenters. The van der Waals surface area contributed by atoms with Gasteiger partial charge in [-0.3, -0.25) is 23.9 Å². The lowest BCUT2D eigenvalue weighted by Gasteiger charge is -2.30. The third kappa shape index (κ3) is 8.63. The van der Waals surface area contributed by atoms with Gasteiger partial charge >= 0.3 is 6.55 Å². The van der Waals surface area contributed by atoms with Gasteiger partial charge in [0, 0.05) is 35.6 Å². The van der Waals surface area contributed by atoms with E-state index in [1.165, 1.54) is 4.90 Å². The average Bonchev–Trinajstić information content (AvgIpc) is 3.96. The van der Waals surface area contributed by atoms with Crippen molar-refractivity contribution in [1.82, 2.24) is 35.0 Å². The largest absolute Gasteiger partial charge is 0.496 e. The summed E-state index contributed by atoms with van der Waals surface area (Å²) in [5.74, 6) is -2.32. The van der Waals surface area contributed by atoms with Gasteiger partial charge in [-0.15, -0.1) is 0 Å². The highest BCUT2D eigenvalue weighted by molar-refractivity contribution is 7.91. The Bertz CT molecular complexity index is 2320.